The predicted molar refractivity (Wildman–Crippen MR) is 150 cm³/mol. The molecule has 202 valence electrons. The standard InChI is InChI=1S/C29H51NO4S/c1-4-5-6-7-8-9-10-11-12-13-14-15-16-17-18-25(2)35-26(3)30(29(32)33)23-24-34-28-21-19-27(31)20-22-28/h19-22,25-26,31H,4-18,23-24H2,1-3H3,(H,32,33). The maximum Gasteiger partial charge on any atom is 0.408 e. The molecule has 1 amide bonds. The molecule has 0 aliphatic heterocycles. The number of amides is 1. The van der Waals surface area contributed by atoms with Gasteiger partial charge in [0.15, 0.2) is 0 Å². The van der Waals surface area contributed by atoms with Gasteiger partial charge in [-0.25, -0.2) is 4.79 Å². The van der Waals surface area contributed by atoms with Gasteiger partial charge in [-0.3, -0.25) is 4.90 Å². The number of aromatic hydroxyl groups is 1. The molecule has 2 N–H and O–H groups in total. The Balaban J connectivity index is 2.05. The van der Waals surface area contributed by atoms with Crippen LogP contribution in [0.3, 0.4) is 0 Å². The van der Waals surface area contributed by atoms with Gasteiger partial charge in [-0.2, -0.15) is 0 Å². The molecule has 1 aromatic carbocycles. The number of thioether (sulfide) groups is 1. The van der Waals surface area contributed by atoms with E-state index in [1.54, 1.807) is 36.0 Å². The smallest absolute Gasteiger partial charge is 0.408 e. The van der Waals surface area contributed by atoms with Crippen molar-refractivity contribution in [3.63, 3.8) is 0 Å². The van der Waals surface area contributed by atoms with Crippen LogP contribution in [0.5, 0.6) is 11.5 Å². The van der Waals surface area contributed by atoms with E-state index < -0.39 is 6.09 Å². The molecule has 0 aliphatic rings. The highest BCUT2D eigenvalue weighted by Gasteiger charge is 2.21. The van der Waals surface area contributed by atoms with Crippen molar-refractivity contribution >= 4 is 17.9 Å². The van der Waals surface area contributed by atoms with Crippen molar-refractivity contribution in [3.05, 3.63) is 24.3 Å². The second-order valence-corrected chi connectivity index (χ2v) is 11.5. The van der Waals surface area contributed by atoms with Gasteiger partial charge in [0.2, 0.25) is 0 Å². The molecule has 0 heterocycles. The number of phenolic OH excluding ortho intramolecular Hbond substituents is 1. The third-order valence-corrected chi connectivity index (χ3v) is 7.86. The van der Waals surface area contributed by atoms with Gasteiger partial charge in [0.25, 0.3) is 0 Å². The van der Waals surface area contributed by atoms with Crippen molar-refractivity contribution in [1.29, 1.82) is 0 Å². The van der Waals surface area contributed by atoms with E-state index >= 15 is 0 Å². The molecular weight excluding hydrogens is 458 g/mol. The van der Waals surface area contributed by atoms with E-state index in [0.29, 0.717) is 17.5 Å². The first-order valence-corrected chi connectivity index (χ1v) is 14.9. The highest BCUT2D eigenvalue weighted by molar-refractivity contribution is 8.00. The van der Waals surface area contributed by atoms with Gasteiger partial charge in [0.05, 0.1) is 11.9 Å². The fourth-order valence-electron chi connectivity index (χ4n) is 4.34. The SMILES string of the molecule is CCCCCCCCCCCCCCCCC(C)SC(C)N(CCOc1ccc(O)cc1)C(=O)O. The number of hydrogen-bond donors (Lipinski definition) is 2. The Labute approximate surface area is 219 Å². The molecule has 0 saturated heterocycles. The van der Waals surface area contributed by atoms with Gasteiger partial charge in [0.1, 0.15) is 18.1 Å². The van der Waals surface area contributed by atoms with Crippen LogP contribution < -0.4 is 4.74 Å². The normalized spacial score (nSPS) is 12.9. The summed E-state index contributed by atoms with van der Waals surface area (Å²) in [6.07, 6.45) is 19.4. The van der Waals surface area contributed by atoms with Crippen LogP contribution in [0.15, 0.2) is 24.3 Å². The summed E-state index contributed by atoms with van der Waals surface area (Å²) < 4.78 is 5.63. The Morgan fingerprint density at radius 2 is 1.34 bits per heavy atom. The van der Waals surface area contributed by atoms with E-state index in [9.17, 15) is 15.0 Å². The van der Waals surface area contributed by atoms with Crippen LogP contribution in [-0.4, -0.2) is 45.0 Å². The van der Waals surface area contributed by atoms with Crippen molar-refractivity contribution in [1.82, 2.24) is 4.90 Å². The Kier molecular flexibility index (Phi) is 18.5. The molecule has 6 heteroatoms. The summed E-state index contributed by atoms with van der Waals surface area (Å²) in [4.78, 5) is 13.2. The molecule has 0 aliphatic carbocycles. The Bertz CT molecular complexity index is 640. The molecule has 5 nitrogen and oxygen atoms in total. The first kappa shape index (κ1) is 31.5. The van der Waals surface area contributed by atoms with Crippen molar-refractivity contribution in [2.24, 2.45) is 0 Å². The predicted octanol–water partition coefficient (Wildman–Crippen LogP) is 9.09. The van der Waals surface area contributed by atoms with Crippen LogP contribution in [-0.2, 0) is 0 Å². The Morgan fingerprint density at radius 1 is 0.857 bits per heavy atom. The van der Waals surface area contributed by atoms with E-state index in [-0.39, 0.29) is 17.7 Å². The average Bonchev–Trinajstić information content (AvgIpc) is 2.82. The van der Waals surface area contributed by atoms with Crippen LogP contribution in [0.25, 0.3) is 0 Å². The molecule has 0 radical (unpaired) electrons. The fraction of sp³-hybridized carbons (Fsp3) is 0.759. The summed E-state index contributed by atoms with van der Waals surface area (Å²) in [5.41, 5.74) is 0. The van der Waals surface area contributed by atoms with Crippen molar-refractivity contribution in [3.8, 4) is 11.5 Å². The van der Waals surface area contributed by atoms with Crippen molar-refractivity contribution < 1.29 is 19.7 Å². The van der Waals surface area contributed by atoms with Gasteiger partial charge in [-0.1, -0.05) is 104 Å². The van der Waals surface area contributed by atoms with Gasteiger partial charge < -0.3 is 14.9 Å². The summed E-state index contributed by atoms with van der Waals surface area (Å²) in [5.74, 6) is 0.807. The molecule has 0 saturated carbocycles. The molecule has 1 rings (SSSR count). The first-order chi connectivity index (χ1) is 16.9. The van der Waals surface area contributed by atoms with Gasteiger partial charge >= 0.3 is 6.09 Å². The zero-order chi connectivity index (χ0) is 25.7. The molecule has 0 spiro atoms. The summed E-state index contributed by atoms with van der Waals surface area (Å²) in [6.45, 7) is 7.04. The first-order valence-electron chi connectivity index (χ1n) is 14.0. The number of benzene rings is 1. The van der Waals surface area contributed by atoms with E-state index in [4.69, 9.17) is 4.74 Å². The maximum atomic E-state index is 11.7. The topological polar surface area (TPSA) is 70.0 Å². The molecule has 2 atom stereocenters. The lowest BCUT2D eigenvalue weighted by Crippen LogP contribution is -2.39. The quantitative estimate of drug-likeness (QED) is 0.120. The molecule has 2 unspecified atom stereocenters. The number of carboxylic acid groups (broad SMARTS) is 1. The maximum absolute atomic E-state index is 11.7. The number of carbonyl (C=O) groups is 1. The third-order valence-electron chi connectivity index (χ3n) is 6.52. The molecule has 35 heavy (non-hydrogen) atoms. The number of nitrogens with zero attached hydrogens (tertiary/aromatic N) is 1. The molecule has 1 aromatic rings. The summed E-state index contributed by atoms with van der Waals surface area (Å²) >= 11 is 1.73. The van der Waals surface area contributed by atoms with Crippen LogP contribution in [0.2, 0.25) is 0 Å². The second kappa shape index (κ2) is 20.6. The lowest BCUT2D eigenvalue weighted by atomic mass is 10.0. The van der Waals surface area contributed by atoms with Crippen LogP contribution in [0.1, 0.15) is 117 Å². The van der Waals surface area contributed by atoms with Crippen LogP contribution >= 0.6 is 11.8 Å². The second-order valence-electron chi connectivity index (χ2n) is 9.75. The molecule has 0 aromatic heterocycles. The summed E-state index contributed by atoms with van der Waals surface area (Å²) in [5, 5.41) is 19.3. The van der Waals surface area contributed by atoms with Gasteiger partial charge in [0, 0.05) is 5.25 Å². The van der Waals surface area contributed by atoms with Gasteiger partial charge in [-0.05, 0) is 37.6 Å². The third kappa shape index (κ3) is 16.7. The summed E-state index contributed by atoms with van der Waals surface area (Å²) in [7, 11) is 0. The largest absolute Gasteiger partial charge is 0.508 e. The van der Waals surface area contributed by atoms with Gasteiger partial charge in [-0.15, -0.1) is 11.8 Å². The van der Waals surface area contributed by atoms with Crippen LogP contribution in [0.4, 0.5) is 4.79 Å². The minimum Gasteiger partial charge on any atom is -0.508 e. The lowest BCUT2D eigenvalue weighted by molar-refractivity contribution is 0.133. The minimum atomic E-state index is -0.914. The number of phenols is 1. The zero-order valence-electron chi connectivity index (χ0n) is 22.6. The van der Waals surface area contributed by atoms with E-state index in [1.807, 2.05) is 6.92 Å². The van der Waals surface area contributed by atoms with E-state index in [1.165, 1.54) is 94.8 Å². The lowest BCUT2D eigenvalue weighted by Gasteiger charge is -2.28. The Hall–Kier alpha value is -1.56. The van der Waals surface area contributed by atoms with Crippen molar-refractivity contribution in [2.45, 2.75) is 128 Å². The highest BCUT2D eigenvalue weighted by Crippen LogP contribution is 2.25. The average molecular weight is 510 g/mol. The number of hydrogen-bond acceptors (Lipinski definition) is 4. The molecule has 0 bridgehead atoms. The van der Waals surface area contributed by atoms with E-state index in [0.717, 1.165) is 6.42 Å². The van der Waals surface area contributed by atoms with Crippen molar-refractivity contribution in [2.75, 3.05) is 13.2 Å². The van der Waals surface area contributed by atoms with E-state index in [2.05, 4.69) is 13.8 Å². The van der Waals surface area contributed by atoms with Crippen LogP contribution in [0, 0.1) is 0 Å². The Morgan fingerprint density at radius 3 is 1.83 bits per heavy atom. The number of rotatable bonds is 22. The minimum absolute atomic E-state index is 0.113. The number of unbranched alkanes of at least 4 members (excludes halogenated alkanes) is 13. The fourth-order valence-corrected chi connectivity index (χ4v) is 5.66. The summed E-state index contributed by atoms with van der Waals surface area (Å²) in [6, 6.07) is 6.47. The zero-order valence-corrected chi connectivity index (χ0v) is 23.4. The molecule has 0 fully saturated rings. The monoisotopic (exact) mass is 509 g/mol. The molecular formula is C29H51NO4S. The number of ether oxygens (including phenoxy) is 1. The highest BCUT2D eigenvalue weighted by atomic mass is 32.2.